The fourth-order valence-electron chi connectivity index (χ4n) is 3.38. The van der Waals surface area contributed by atoms with E-state index in [1.165, 1.54) is 17.7 Å². The van der Waals surface area contributed by atoms with Crippen molar-refractivity contribution in [2.45, 2.75) is 6.42 Å². The molecule has 3 rings (SSSR count). The molecule has 1 saturated heterocycles. The second-order valence-corrected chi connectivity index (χ2v) is 7.10. The monoisotopic (exact) mass is 399 g/mol. The lowest BCUT2D eigenvalue weighted by atomic mass is 10.1. The van der Waals surface area contributed by atoms with Gasteiger partial charge in [-0.1, -0.05) is 12.1 Å². The van der Waals surface area contributed by atoms with E-state index in [0.717, 1.165) is 57.1 Å². The number of hydrogen-bond acceptors (Lipinski definition) is 4. The molecule has 1 aliphatic rings. The molecule has 3 N–H and O–H groups in total. The van der Waals surface area contributed by atoms with Crippen molar-refractivity contribution >= 4 is 11.6 Å². The van der Waals surface area contributed by atoms with Crippen LogP contribution in [-0.4, -0.2) is 63.8 Å². The minimum absolute atomic E-state index is 0.194. The summed E-state index contributed by atoms with van der Waals surface area (Å²) >= 11 is 0. The maximum absolute atomic E-state index is 13.1. The number of methoxy groups -OCH3 is 1. The summed E-state index contributed by atoms with van der Waals surface area (Å²) < 4.78 is 18.2. The topological polar surface area (TPSA) is 66.1 Å². The summed E-state index contributed by atoms with van der Waals surface area (Å²) in [7, 11) is 1.67. The Morgan fingerprint density at radius 1 is 1.07 bits per heavy atom. The molecule has 1 aliphatic heterocycles. The number of nitrogens with one attached hydrogen (secondary N) is 1. The number of anilines is 1. The standard InChI is InChI=1S/C22H30FN5O/c1-29-21-8-2-18(3-9-21)10-11-25-22(24)26-12-13-27-14-16-28(17-15-27)20-6-4-19(23)5-7-20/h2-9H,10-17H2,1H3,(H3,24,25,26). The molecule has 1 heterocycles. The molecule has 0 spiro atoms. The molecule has 29 heavy (non-hydrogen) atoms. The third-order valence-electron chi connectivity index (χ3n) is 5.14. The van der Waals surface area contributed by atoms with Gasteiger partial charge < -0.3 is 20.7 Å². The van der Waals surface area contributed by atoms with Gasteiger partial charge in [0.1, 0.15) is 11.6 Å². The van der Waals surface area contributed by atoms with Gasteiger partial charge in [0.15, 0.2) is 5.96 Å². The molecule has 0 saturated carbocycles. The number of ether oxygens (including phenoxy) is 1. The van der Waals surface area contributed by atoms with Crippen LogP contribution in [0.25, 0.3) is 0 Å². The van der Waals surface area contributed by atoms with E-state index in [0.29, 0.717) is 12.5 Å². The normalized spacial score (nSPS) is 15.4. The highest BCUT2D eigenvalue weighted by Gasteiger charge is 2.16. The van der Waals surface area contributed by atoms with Crippen molar-refractivity contribution in [1.82, 2.24) is 10.2 Å². The lowest BCUT2D eigenvalue weighted by molar-refractivity contribution is 0.265. The van der Waals surface area contributed by atoms with E-state index in [-0.39, 0.29) is 5.82 Å². The van der Waals surface area contributed by atoms with Gasteiger partial charge in [0.25, 0.3) is 0 Å². The molecule has 0 atom stereocenters. The molecule has 0 radical (unpaired) electrons. The SMILES string of the molecule is COc1ccc(CCNC(N)=NCCN2CCN(c3ccc(F)cc3)CC2)cc1. The van der Waals surface area contributed by atoms with E-state index >= 15 is 0 Å². The first-order valence-corrected chi connectivity index (χ1v) is 10.0. The van der Waals surface area contributed by atoms with Gasteiger partial charge >= 0.3 is 0 Å². The summed E-state index contributed by atoms with van der Waals surface area (Å²) in [5, 5.41) is 3.17. The van der Waals surface area contributed by atoms with E-state index < -0.39 is 0 Å². The Kier molecular flexibility index (Phi) is 7.69. The Bertz CT molecular complexity index is 771. The molecule has 156 valence electrons. The van der Waals surface area contributed by atoms with Crippen molar-refractivity contribution in [1.29, 1.82) is 0 Å². The van der Waals surface area contributed by atoms with Crippen LogP contribution in [0.15, 0.2) is 53.5 Å². The van der Waals surface area contributed by atoms with Crippen molar-refractivity contribution in [2.24, 2.45) is 10.7 Å². The third-order valence-corrected chi connectivity index (χ3v) is 5.14. The lowest BCUT2D eigenvalue weighted by Crippen LogP contribution is -2.47. The van der Waals surface area contributed by atoms with Crippen LogP contribution >= 0.6 is 0 Å². The van der Waals surface area contributed by atoms with Gasteiger partial charge in [0, 0.05) is 45.0 Å². The van der Waals surface area contributed by atoms with Crippen LogP contribution in [0.4, 0.5) is 10.1 Å². The van der Waals surface area contributed by atoms with Crippen LogP contribution in [0.1, 0.15) is 5.56 Å². The predicted molar refractivity (Wildman–Crippen MR) is 116 cm³/mol. The highest BCUT2D eigenvalue weighted by atomic mass is 19.1. The minimum atomic E-state index is -0.194. The number of nitrogens with two attached hydrogens (primary N) is 1. The molecule has 0 aliphatic carbocycles. The van der Waals surface area contributed by atoms with Crippen LogP contribution in [0, 0.1) is 5.82 Å². The molecule has 0 unspecified atom stereocenters. The predicted octanol–water partition coefficient (Wildman–Crippen LogP) is 2.10. The summed E-state index contributed by atoms with van der Waals surface area (Å²) in [6.45, 7) is 6.12. The van der Waals surface area contributed by atoms with Crippen molar-refractivity contribution in [3.8, 4) is 5.75 Å². The molecule has 0 aromatic heterocycles. The Balaban J connectivity index is 1.31. The van der Waals surface area contributed by atoms with Crippen LogP contribution in [0.3, 0.4) is 0 Å². The van der Waals surface area contributed by atoms with Crippen molar-refractivity contribution in [2.75, 3.05) is 57.8 Å². The largest absolute Gasteiger partial charge is 0.497 e. The van der Waals surface area contributed by atoms with Gasteiger partial charge in [0.2, 0.25) is 0 Å². The molecule has 0 bridgehead atoms. The zero-order chi connectivity index (χ0) is 20.5. The average molecular weight is 400 g/mol. The molecule has 7 heteroatoms. The Morgan fingerprint density at radius 2 is 1.76 bits per heavy atom. The minimum Gasteiger partial charge on any atom is -0.497 e. The van der Waals surface area contributed by atoms with E-state index in [9.17, 15) is 4.39 Å². The van der Waals surface area contributed by atoms with Gasteiger partial charge in [0.05, 0.1) is 13.7 Å². The van der Waals surface area contributed by atoms with Crippen LogP contribution in [-0.2, 0) is 6.42 Å². The molecular weight excluding hydrogens is 369 g/mol. The molecular formula is C22H30FN5O. The summed E-state index contributed by atoms with van der Waals surface area (Å²) in [5.41, 5.74) is 8.28. The van der Waals surface area contributed by atoms with Crippen LogP contribution in [0.5, 0.6) is 5.75 Å². The van der Waals surface area contributed by atoms with Crippen molar-refractivity contribution in [3.05, 3.63) is 59.9 Å². The maximum atomic E-state index is 13.1. The Hall–Kier alpha value is -2.80. The van der Waals surface area contributed by atoms with Crippen LogP contribution < -0.4 is 20.7 Å². The van der Waals surface area contributed by atoms with Gasteiger partial charge in [-0.2, -0.15) is 0 Å². The summed E-state index contributed by atoms with van der Waals surface area (Å²) in [4.78, 5) is 9.10. The molecule has 6 nitrogen and oxygen atoms in total. The first-order valence-electron chi connectivity index (χ1n) is 10.0. The van der Waals surface area contributed by atoms with E-state index in [4.69, 9.17) is 10.5 Å². The summed E-state index contributed by atoms with van der Waals surface area (Å²) in [5.74, 6) is 1.16. The zero-order valence-corrected chi connectivity index (χ0v) is 17.0. The van der Waals surface area contributed by atoms with Gasteiger partial charge in [-0.25, -0.2) is 4.39 Å². The lowest BCUT2D eigenvalue weighted by Gasteiger charge is -2.35. The first-order chi connectivity index (χ1) is 14.1. The number of hydrogen-bond donors (Lipinski definition) is 2. The number of benzene rings is 2. The molecule has 2 aromatic carbocycles. The third kappa shape index (κ3) is 6.64. The second-order valence-electron chi connectivity index (χ2n) is 7.10. The summed E-state index contributed by atoms with van der Waals surface area (Å²) in [6.07, 6.45) is 0.881. The first kappa shape index (κ1) is 20.9. The van der Waals surface area contributed by atoms with Gasteiger partial charge in [-0.15, -0.1) is 0 Å². The second kappa shape index (κ2) is 10.7. The van der Waals surface area contributed by atoms with Crippen molar-refractivity contribution in [3.63, 3.8) is 0 Å². The number of halogens is 1. The van der Waals surface area contributed by atoms with E-state index in [1.54, 1.807) is 7.11 Å². The summed E-state index contributed by atoms with van der Waals surface area (Å²) in [6, 6.07) is 14.7. The zero-order valence-electron chi connectivity index (χ0n) is 17.0. The van der Waals surface area contributed by atoms with Crippen LogP contribution in [0.2, 0.25) is 0 Å². The molecule has 0 amide bonds. The highest BCUT2D eigenvalue weighted by Crippen LogP contribution is 2.16. The Morgan fingerprint density at radius 3 is 2.41 bits per heavy atom. The quantitative estimate of drug-likeness (QED) is 0.526. The number of aliphatic imine (C=N–C) groups is 1. The number of guanidine groups is 1. The fourth-order valence-corrected chi connectivity index (χ4v) is 3.38. The van der Waals surface area contributed by atoms with E-state index in [2.05, 4.69) is 32.2 Å². The maximum Gasteiger partial charge on any atom is 0.188 e. The molecule has 2 aromatic rings. The number of piperazine rings is 1. The van der Waals surface area contributed by atoms with Gasteiger partial charge in [-0.3, -0.25) is 9.89 Å². The Labute approximate surface area is 172 Å². The van der Waals surface area contributed by atoms with Gasteiger partial charge in [-0.05, 0) is 48.4 Å². The smallest absolute Gasteiger partial charge is 0.188 e. The highest BCUT2D eigenvalue weighted by molar-refractivity contribution is 5.77. The fraction of sp³-hybridized carbons (Fsp3) is 0.409. The molecule has 1 fully saturated rings. The van der Waals surface area contributed by atoms with Crippen molar-refractivity contribution < 1.29 is 9.13 Å². The van der Waals surface area contributed by atoms with E-state index in [1.807, 2.05) is 24.3 Å². The number of nitrogens with zero attached hydrogens (tertiary/aromatic N) is 3. The number of rotatable bonds is 8. The average Bonchev–Trinajstić information content (AvgIpc) is 2.75.